The molecule has 0 aliphatic carbocycles. The molecule has 0 bridgehead atoms. The maximum Gasteiger partial charge on any atom is 0.350 e. The monoisotopic (exact) mass is 513 g/mol. The molecule has 11 nitrogen and oxygen atoms in total. The van der Waals surface area contributed by atoms with Crippen LogP contribution in [0.15, 0.2) is 65.8 Å². The van der Waals surface area contributed by atoms with E-state index >= 15 is 0 Å². The molecule has 2 aromatic carbocycles. The second-order valence-corrected chi connectivity index (χ2v) is 8.84. The summed E-state index contributed by atoms with van der Waals surface area (Å²) in [6, 6.07) is 14.1. The van der Waals surface area contributed by atoms with E-state index in [0.717, 1.165) is 11.1 Å². The maximum atomic E-state index is 13.5. The van der Waals surface area contributed by atoms with Crippen molar-refractivity contribution in [1.82, 2.24) is 24.6 Å². The van der Waals surface area contributed by atoms with Crippen LogP contribution in [0.4, 0.5) is 16.2 Å². The van der Waals surface area contributed by atoms with Crippen LogP contribution < -0.4 is 25.5 Å². The van der Waals surface area contributed by atoms with E-state index in [-0.39, 0.29) is 17.6 Å². The van der Waals surface area contributed by atoms with Crippen molar-refractivity contribution in [2.75, 3.05) is 37.0 Å². The standard InChI is InChI=1S/C27H27N7O4/c1-17-22(23-9-8-20(15-29-23)34-16-30-31(3)26(34)36)13-21(38-4)14-24(17)33-11-10-32(27(33)37)19-7-5-6-18(12-19)25(35)28-2/h5-9,12-16H,10-11H2,1-4H3,(H,28,35). The van der Waals surface area contributed by atoms with Crippen LogP contribution in [-0.2, 0) is 7.05 Å². The molecule has 3 amide bonds. The minimum absolute atomic E-state index is 0.194. The molecule has 1 aliphatic heterocycles. The van der Waals surface area contributed by atoms with Crippen molar-refractivity contribution in [2.45, 2.75) is 6.92 Å². The van der Waals surface area contributed by atoms with E-state index in [1.54, 1.807) is 61.5 Å². The van der Waals surface area contributed by atoms with Gasteiger partial charge in [-0.1, -0.05) is 6.07 Å². The zero-order valence-corrected chi connectivity index (χ0v) is 21.5. The zero-order chi connectivity index (χ0) is 27.0. The number of pyridine rings is 1. The Kier molecular flexibility index (Phi) is 6.41. The van der Waals surface area contributed by atoms with Gasteiger partial charge in [0.15, 0.2) is 0 Å². The first-order chi connectivity index (χ1) is 18.3. The summed E-state index contributed by atoms with van der Waals surface area (Å²) in [5, 5.41) is 6.59. The largest absolute Gasteiger partial charge is 0.497 e. The Balaban J connectivity index is 1.48. The molecule has 1 saturated heterocycles. The Morgan fingerprint density at radius 1 is 1.03 bits per heavy atom. The molecule has 0 atom stereocenters. The van der Waals surface area contributed by atoms with Gasteiger partial charge in [0.1, 0.15) is 12.1 Å². The summed E-state index contributed by atoms with van der Waals surface area (Å²) >= 11 is 0. The van der Waals surface area contributed by atoms with Crippen LogP contribution in [0, 0.1) is 6.92 Å². The molecule has 1 aliphatic rings. The third-order valence-electron chi connectivity index (χ3n) is 6.66. The van der Waals surface area contributed by atoms with E-state index in [1.807, 2.05) is 31.2 Å². The molecule has 0 radical (unpaired) electrons. The van der Waals surface area contributed by atoms with Gasteiger partial charge in [0.2, 0.25) is 0 Å². The molecule has 5 rings (SSSR count). The lowest BCUT2D eigenvalue weighted by atomic mass is 10.0. The highest BCUT2D eigenvalue weighted by atomic mass is 16.5. The fourth-order valence-corrected chi connectivity index (χ4v) is 4.55. The minimum Gasteiger partial charge on any atom is -0.497 e. The third-order valence-corrected chi connectivity index (χ3v) is 6.66. The number of rotatable bonds is 6. The second kappa shape index (κ2) is 9.85. The van der Waals surface area contributed by atoms with Crippen LogP contribution in [0.2, 0.25) is 0 Å². The molecule has 1 fully saturated rings. The molecule has 3 heterocycles. The molecule has 0 saturated carbocycles. The van der Waals surface area contributed by atoms with Crippen LogP contribution in [0.3, 0.4) is 0 Å². The average Bonchev–Trinajstić information content (AvgIpc) is 3.49. The summed E-state index contributed by atoms with van der Waals surface area (Å²) in [6.07, 6.45) is 3.06. The number of ether oxygens (including phenoxy) is 1. The predicted octanol–water partition coefficient (Wildman–Crippen LogP) is 2.76. The summed E-state index contributed by atoms with van der Waals surface area (Å²) in [5.74, 6) is 0.373. The molecule has 38 heavy (non-hydrogen) atoms. The van der Waals surface area contributed by atoms with Crippen molar-refractivity contribution < 1.29 is 14.3 Å². The van der Waals surface area contributed by atoms with E-state index in [1.165, 1.54) is 15.6 Å². The topological polar surface area (TPSA) is 115 Å². The Morgan fingerprint density at radius 3 is 2.47 bits per heavy atom. The molecular formula is C27H27N7O4. The number of methoxy groups -OCH3 is 1. The molecule has 0 spiro atoms. The van der Waals surface area contributed by atoms with Gasteiger partial charge in [-0.2, -0.15) is 5.10 Å². The van der Waals surface area contributed by atoms with E-state index in [9.17, 15) is 14.4 Å². The van der Waals surface area contributed by atoms with Crippen LogP contribution >= 0.6 is 0 Å². The lowest BCUT2D eigenvalue weighted by Gasteiger charge is -2.23. The van der Waals surface area contributed by atoms with Gasteiger partial charge in [0.25, 0.3) is 5.91 Å². The van der Waals surface area contributed by atoms with Crippen LogP contribution in [0.1, 0.15) is 15.9 Å². The number of anilines is 2. The number of aromatic nitrogens is 4. The number of aryl methyl sites for hydroxylation is 1. The van der Waals surface area contributed by atoms with E-state index in [0.29, 0.717) is 47.2 Å². The van der Waals surface area contributed by atoms with Crippen molar-refractivity contribution in [3.63, 3.8) is 0 Å². The van der Waals surface area contributed by atoms with Gasteiger partial charge in [0.05, 0.1) is 30.4 Å². The van der Waals surface area contributed by atoms with Crippen LogP contribution in [0.5, 0.6) is 5.75 Å². The van der Waals surface area contributed by atoms with Crippen molar-refractivity contribution >= 4 is 23.3 Å². The quantitative estimate of drug-likeness (QED) is 0.424. The fraction of sp³-hybridized carbons (Fsp3) is 0.222. The molecule has 2 aromatic heterocycles. The smallest absolute Gasteiger partial charge is 0.350 e. The SMILES string of the molecule is CNC(=O)c1cccc(N2CCN(c3cc(OC)cc(-c4ccc(-n5cnn(C)c5=O)cn4)c3C)C2=O)c1. The number of hydrogen-bond acceptors (Lipinski definition) is 6. The Hall–Kier alpha value is -4.93. The number of urea groups is 1. The van der Waals surface area contributed by atoms with E-state index in [4.69, 9.17) is 4.74 Å². The van der Waals surface area contributed by atoms with Crippen molar-refractivity contribution in [2.24, 2.45) is 7.05 Å². The highest BCUT2D eigenvalue weighted by Crippen LogP contribution is 2.37. The Bertz CT molecular complexity index is 1590. The first-order valence-corrected chi connectivity index (χ1v) is 12.0. The highest BCUT2D eigenvalue weighted by Gasteiger charge is 2.32. The predicted molar refractivity (Wildman–Crippen MR) is 143 cm³/mol. The summed E-state index contributed by atoms with van der Waals surface area (Å²) in [6.45, 7) is 2.87. The van der Waals surface area contributed by atoms with Gasteiger partial charge in [-0.15, -0.1) is 0 Å². The van der Waals surface area contributed by atoms with Gasteiger partial charge in [-0.3, -0.25) is 19.6 Å². The van der Waals surface area contributed by atoms with Gasteiger partial charge >= 0.3 is 11.7 Å². The van der Waals surface area contributed by atoms with E-state index in [2.05, 4.69) is 15.4 Å². The Labute approximate surface area is 218 Å². The van der Waals surface area contributed by atoms with Crippen molar-refractivity contribution in [3.05, 3.63) is 82.7 Å². The number of nitrogens with one attached hydrogen (secondary N) is 1. The van der Waals surface area contributed by atoms with Gasteiger partial charge in [-0.25, -0.2) is 18.8 Å². The lowest BCUT2D eigenvalue weighted by Crippen LogP contribution is -2.32. The maximum absolute atomic E-state index is 13.5. The number of amides is 3. The zero-order valence-electron chi connectivity index (χ0n) is 21.5. The Morgan fingerprint density at radius 2 is 1.82 bits per heavy atom. The summed E-state index contributed by atoms with van der Waals surface area (Å²) < 4.78 is 8.23. The minimum atomic E-state index is -0.266. The molecule has 4 aromatic rings. The number of carbonyl (C=O) groups excluding carboxylic acids is 2. The molecular weight excluding hydrogens is 486 g/mol. The van der Waals surface area contributed by atoms with Crippen molar-refractivity contribution in [3.8, 4) is 22.7 Å². The molecule has 1 N–H and O–H groups in total. The van der Waals surface area contributed by atoms with Crippen LogP contribution in [-0.4, -0.2) is 58.5 Å². The summed E-state index contributed by atoms with van der Waals surface area (Å²) in [4.78, 5) is 45.8. The van der Waals surface area contributed by atoms with Gasteiger partial charge in [0, 0.05) is 50.1 Å². The highest BCUT2D eigenvalue weighted by molar-refractivity contribution is 6.07. The first-order valence-electron chi connectivity index (χ1n) is 12.0. The number of carbonyl (C=O) groups is 2. The second-order valence-electron chi connectivity index (χ2n) is 8.84. The fourth-order valence-electron chi connectivity index (χ4n) is 4.55. The molecule has 0 unspecified atom stereocenters. The molecule has 11 heteroatoms. The average molecular weight is 514 g/mol. The molecule has 194 valence electrons. The third kappa shape index (κ3) is 4.27. The summed E-state index contributed by atoms with van der Waals surface area (Å²) in [5.41, 5.74) is 4.51. The van der Waals surface area contributed by atoms with Crippen LogP contribution in [0.25, 0.3) is 16.9 Å². The van der Waals surface area contributed by atoms with E-state index < -0.39 is 0 Å². The van der Waals surface area contributed by atoms with Gasteiger partial charge in [-0.05, 0) is 48.9 Å². The number of benzene rings is 2. The van der Waals surface area contributed by atoms with Crippen molar-refractivity contribution in [1.29, 1.82) is 0 Å². The number of hydrogen-bond donors (Lipinski definition) is 1. The first kappa shape index (κ1) is 24.8. The summed E-state index contributed by atoms with van der Waals surface area (Å²) in [7, 11) is 4.73. The lowest BCUT2D eigenvalue weighted by molar-refractivity contribution is 0.0963. The normalized spacial score (nSPS) is 13.2. The van der Waals surface area contributed by atoms with Gasteiger partial charge < -0.3 is 10.1 Å². The number of nitrogens with zero attached hydrogens (tertiary/aromatic N) is 6.